The van der Waals surface area contributed by atoms with Crippen molar-refractivity contribution in [1.82, 2.24) is 9.47 Å². The van der Waals surface area contributed by atoms with E-state index in [9.17, 15) is 0 Å². The molecule has 0 saturated heterocycles. The molecule has 0 aliphatic rings. The van der Waals surface area contributed by atoms with Crippen molar-refractivity contribution >= 4 is 17.0 Å². The van der Waals surface area contributed by atoms with Gasteiger partial charge in [-0.15, -0.1) is 11.3 Å². The van der Waals surface area contributed by atoms with E-state index in [0.717, 1.165) is 36.7 Å². The van der Waals surface area contributed by atoms with Crippen LogP contribution in [0, 0.1) is 20.8 Å². The van der Waals surface area contributed by atoms with Crippen molar-refractivity contribution < 1.29 is 0 Å². The molecule has 3 nitrogen and oxygen atoms in total. The van der Waals surface area contributed by atoms with E-state index in [4.69, 9.17) is 4.99 Å². The van der Waals surface area contributed by atoms with Gasteiger partial charge in [0.2, 0.25) is 0 Å². The summed E-state index contributed by atoms with van der Waals surface area (Å²) < 4.78 is 2.36. The molecule has 0 aliphatic carbocycles. The van der Waals surface area contributed by atoms with Gasteiger partial charge in [0.05, 0.1) is 5.69 Å². The molecule has 126 valence electrons. The predicted molar refractivity (Wildman–Crippen MR) is 101 cm³/mol. The molecular weight excluding hydrogens is 302 g/mol. The lowest BCUT2D eigenvalue weighted by Gasteiger charge is -2.18. The topological polar surface area (TPSA) is 20.5 Å². The number of hydrogen-bond acceptors (Lipinski definition) is 3. The van der Waals surface area contributed by atoms with Crippen molar-refractivity contribution in [3.8, 4) is 0 Å². The third-order valence-electron chi connectivity index (χ3n) is 4.53. The first-order chi connectivity index (χ1) is 11.1. The molecule has 0 unspecified atom stereocenters. The minimum atomic E-state index is 1.04. The van der Waals surface area contributed by atoms with E-state index in [1.807, 2.05) is 0 Å². The second kappa shape index (κ2) is 8.46. The van der Waals surface area contributed by atoms with E-state index in [-0.39, 0.29) is 0 Å². The van der Waals surface area contributed by atoms with E-state index in [1.54, 1.807) is 11.3 Å². The molecule has 1 aromatic heterocycles. The summed E-state index contributed by atoms with van der Waals surface area (Å²) in [7, 11) is 0. The first kappa shape index (κ1) is 18.0. The Hall–Kier alpha value is -1.39. The summed E-state index contributed by atoms with van der Waals surface area (Å²) >= 11 is 1.74. The van der Waals surface area contributed by atoms with Crippen LogP contribution in [0.1, 0.15) is 37.1 Å². The molecule has 2 aromatic rings. The van der Waals surface area contributed by atoms with Crippen molar-refractivity contribution in [3.05, 3.63) is 45.2 Å². The molecular formula is C19H29N3S. The van der Waals surface area contributed by atoms with Gasteiger partial charge in [0, 0.05) is 17.6 Å². The van der Waals surface area contributed by atoms with Gasteiger partial charge in [-0.3, -0.25) is 0 Å². The number of thiazole rings is 1. The molecule has 0 spiro atoms. The Labute approximate surface area is 144 Å². The Balaban J connectivity index is 2.21. The standard InChI is InChI=1S/C19H29N3S/c1-6-21(7-2)12-9-13-22-16(4)14-23-19(22)20-18-11-8-10-15(3)17(18)5/h8,10-11,14H,6-7,9,12-13H2,1-5H3. The smallest absolute Gasteiger partial charge is 0.190 e. The maximum absolute atomic E-state index is 4.93. The van der Waals surface area contributed by atoms with Gasteiger partial charge in [-0.1, -0.05) is 26.0 Å². The lowest BCUT2D eigenvalue weighted by molar-refractivity contribution is 0.292. The Morgan fingerprint density at radius 1 is 1.13 bits per heavy atom. The van der Waals surface area contributed by atoms with Crippen molar-refractivity contribution in [2.24, 2.45) is 4.99 Å². The maximum Gasteiger partial charge on any atom is 0.190 e. The molecule has 0 N–H and O–H groups in total. The molecule has 4 heteroatoms. The third kappa shape index (κ3) is 4.55. The minimum absolute atomic E-state index is 1.04. The minimum Gasteiger partial charge on any atom is -0.321 e. The van der Waals surface area contributed by atoms with Gasteiger partial charge in [-0.25, -0.2) is 4.99 Å². The van der Waals surface area contributed by atoms with Gasteiger partial charge < -0.3 is 9.47 Å². The summed E-state index contributed by atoms with van der Waals surface area (Å²) in [5.74, 6) is 0. The Morgan fingerprint density at radius 3 is 2.57 bits per heavy atom. The molecule has 0 bridgehead atoms. The van der Waals surface area contributed by atoms with Crippen LogP contribution in [0.15, 0.2) is 28.6 Å². The van der Waals surface area contributed by atoms with Crippen LogP contribution >= 0.6 is 11.3 Å². The van der Waals surface area contributed by atoms with Gasteiger partial charge in [0.25, 0.3) is 0 Å². The molecule has 0 saturated carbocycles. The van der Waals surface area contributed by atoms with Crippen molar-refractivity contribution in [2.75, 3.05) is 19.6 Å². The Bertz CT molecular complexity index is 693. The number of hydrogen-bond donors (Lipinski definition) is 0. The first-order valence-electron chi connectivity index (χ1n) is 8.55. The fraction of sp³-hybridized carbons (Fsp3) is 0.526. The Kier molecular flexibility index (Phi) is 6.60. The highest BCUT2D eigenvalue weighted by Gasteiger charge is 2.05. The van der Waals surface area contributed by atoms with Crippen molar-refractivity contribution in [1.29, 1.82) is 0 Å². The lowest BCUT2D eigenvalue weighted by atomic mass is 10.1. The fourth-order valence-electron chi connectivity index (χ4n) is 2.73. The van der Waals surface area contributed by atoms with Crippen LogP contribution < -0.4 is 4.80 Å². The van der Waals surface area contributed by atoms with Gasteiger partial charge >= 0.3 is 0 Å². The van der Waals surface area contributed by atoms with Crippen molar-refractivity contribution in [3.63, 3.8) is 0 Å². The summed E-state index contributed by atoms with van der Waals surface area (Å²) in [6.07, 6.45) is 1.17. The monoisotopic (exact) mass is 331 g/mol. The average Bonchev–Trinajstić information content (AvgIpc) is 2.89. The number of nitrogens with zero attached hydrogens (tertiary/aromatic N) is 3. The molecule has 0 amide bonds. The largest absolute Gasteiger partial charge is 0.321 e. The van der Waals surface area contributed by atoms with Crippen LogP contribution in [0.4, 0.5) is 5.69 Å². The summed E-state index contributed by atoms with van der Waals surface area (Å²) in [6, 6.07) is 6.34. The van der Waals surface area contributed by atoms with E-state index in [1.165, 1.54) is 23.2 Å². The number of aromatic nitrogens is 1. The van der Waals surface area contributed by atoms with Crippen LogP contribution in [-0.4, -0.2) is 29.1 Å². The highest BCUT2D eigenvalue weighted by atomic mass is 32.1. The van der Waals surface area contributed by atoms with Crippen LogP contribution in [-0.2, 0) is 6.54 Å². The lowest BCUT2D eigenvalue weighted by Crippen LogP contribution is -2.26. The fourth-order valence-corrected chi connectivity index (χ4v) is 3.64. The maximum atomic E-state index is 4.93. The van der Waals surface area contributed by atoms with Crippen LogP contribution in [0.3, 0.4) is 0 Å². The molecule has 23 heavy (non-hydrogen) atoms. The first-order valence-corrected chi connectivity index (χ1v) is 9.43. The highest BCUT2D eigenvalue weighted by Crippen LogP contribution is 2.20. The molecule has 0 radical (unpaired) electrons. The number of rotatable bonds is 7. The van der Waals surface area contributed by atoms with Gasteiger partial charge in [-0.05, 0) is 64.0 Å². The third-order valence-corrected chi connectivity index (χ3v) is 5.52. The number of benzene rings is 1. The van der Waals surface area contributed by atoms with Crippen LogP contribution in [0.5, 0.6) is 0 Å². The van der Waals surface area contributed by atoms with Crippen molar-refractivity contribution in [2.45, 2.75) is 47.6 Å². The van der Waals surface area contributed by atoms with Crippen LogP contribution in [0.2, 0.25) is 0 Å². The second-order valence-electron chi connectivity index (χ2n) is 6.02. The summed E-state index contributed by atoms with van der Waals surface area (Å²) in [5.41, 5.74) is 4.96. The SMILES string of the molecule is CCN(CC)CCCn1c(C)csc1=Nc1cccc(C)c1C. The Morgan fingerprint density at radius 2 is 1.87 bits per heavy atom. The second-order valence-corrected chi connectivity index (χ2v) is 6.86. The summed E-state index contributed by atoms with van der Waals surface area (Å²) in [5, 5.41) is 2.21. The summed E-state index contributed by atoms with van der Waals surface area (Å²) in [6.45, 7) is 15.4. The average molecular weight is 332 g/mol. The van der Waals surface area contributed by atoms with E-state index < -0.39 is 0 Å². The molecule has 2 rings (SSSR count). The van der Waals surface area contributed by atoms with E-state index in [0.29, 0.717) is 0 Å². The van der Waals surface area contributed by atoms with E-state index in [2.05, 4.69) is 67.7 Å². The number of aryl methyl sites for hydroxylation is 2. The zero-order chi connectivity index (χ0) is 16.8. The molecule has 1 aromatic carbocycles. The zero-order valence-electron chi connectivity index (χ0n) is 15.1. The zero-order valence-corrected chi connectivity index (χ0v) is 15.9. The predicted octanol–water partition coefficient (Wildman–Crippen LogP) is 4.44. The van der Waals surface area contributed by atoms with Gasteiger partial charge in [0.1, 0.15) is 0 Å². The normalized spacial score (nSPS) is 12.3. The quantitative estimate of drug-likeness (QED) is 0.734. The summed E-state index contributed by atoms with van der Waals surface area (Å²) in [4.78, 5) is 8.51. The molecule has 0 atom stereocenters. The van der Waals surface area contributed by atoms with Gasteiger partial charge in [-0.2, -0.15) is 0 Å². The molecule has 1 heterocycles. The molecule has 0 aliphatic heterocycles. The van der Waals surface area contributed by atoms with Crippen LogP contribution in [0.25, 0.3) is 0 Å². The van der Waals surface area contributed by atoms with E-state index >= 15 is 0 Å². The highest BCUT2D eigenvalue weighted by molar-refractivity contribution is 7.07. The molecule has 0 fully saturated rings. The van der Waals surface area contributed by atoms with Gasteiger partial charge in [0.15, 0.2) is 4.80 Å².